The van der Waals surface area contributed by atoms with Crippen molar-refractivity contribution in [1.82, 2.24) is 9.80 Å². The Balaban J connectivity index is 2.22. The van der Waals surface area contributed by atoms with E-state index in [1.807, 2.05) is 0 Å². The highest BCUT2D eigenvalue weighted by Crippen LogP contribution is 2.42. The lowest BCUT2D eigenvalue weighted by Gasteiger charge is -2.43. The Morgan fingerprint density at radius 3 is 2.45 bits per heavy atom. The van der Waals surface area contributed by atoms with E-state index in [4.69, 9.17) is 11.5 Å². The molecule has 6 heteroatoms. The molecule has 1 heterocycles. The molecule has 0 radical (unpaired) electrons. The summed E-state index contributed by atoms with van der Waals surface area (Å²) in [6.45, 7) is 8.07. The molecule has 0 aromatic carbocycles. The molecular weight excluding hydrogens is 280 g/mol. The van der Waals surface area contributed by atoms with E-state index in [1.165, 1.54) is 17.6 Å². The Kier molecular flexibility index (Phi) is 4.68. The smallest absolute Gasteiger partial charge is 0.315 e. The Labute approximate surface area is 132 Å². The maximum atomic E-state index is 11.7. The van der Waals surface area contributed by atoms with Crippen LogP contribution in [-0.2, 0) is 0 Å². The summed E-state index contributed by atoms with van der Waals surface area (Å²) in [5.74, 6) is 0. The molecule has 4 N–H and O–H groups in total. The molecule has 0 bridgehead atoms. The molecule has 1 saturated heterocycles. The summed E-state index contributed by atoms with van der Waals surface area (Å²) in [5, 5.41) is 0. The van der Waals surface area contributed by atoms with Crippen LogP contribution in [0.4, 0.5) is 9.59 Å². The number of hydrogen-bond acceptors (Lipinski definition) is 2. The fourth-order valence-electron chi connectivity index (χ4n) is 3.88. The van der Waals surface area contributed by atoms with Crippen LogP contribution in [0, 0.1) is 5.41 Å². The van der Waals surface area contributed by atoms with Gasteiger partial charge in [-0.15, -0.1) is 0 Å². The van der Waals surface area contributed by atoms with E-state index < -0.39 is 12.1 Å². The number of nitrogens with two attached hydrogens (primary N) is 2. The molecule has 124 valence electrons. The molecule has 0 saturated carbocycles. The van der Waals surface area contributed by atoms with Crippen LogP contribution in [0.2, 0.25) is 0 Å². The molecule has 0 spiro atoms. The standard InChI is InChI=1S/C16H28N4O2/c1-11-5-4-6-16(2,3)13(11)9-12-10-19(14(17)21)7-8-20(12)15(18)22/h12H,4-10H2,1-3H3,(H2,17,21)(H2,18,22)/t12-/m1/s1. The van der Waals surface area contributed by atoms with Gasteiger partial charge in [0, 0.05) is 19.6 Å². The molecule has 2 aliphatic rings. The van der Waals surface area contributed by atoms with Crippen molar-refractivity contribution in [2.75, 3.05) is 19.6 Å². The van der Waals surface area contributed by atoms with Gasteiger partial charge in [0.25, 0.3) is 0 Å². The number of carbonyl (C=O) groups is 2. The van der Waals surface area contributed by atoms with Gasteiger partial charge in [-0.05, 0) is 38.0 Å². The number of piperazine rings is 1. The van der Waals surface area contributed by atoms with E-state index in [9.17, 15) is 9.59 Å². The van der Waals surface area contributed by atoms with E-state index in [2.05, 4.69) is 20.8 Å². The van der Waals surface area contributed by atoms with Crippen molar-refractivity contribution in [2.24, 2.45) is 16.9 Å². The van der Waals surface area contributed by atoms with Gasteiger partial charge in [0.05, 0.1) is 6.04 Å². The summed E-state index contributed by atoms with van der Waals surface area (Å²) in [6.07, 6.45) is 4.25. The molecule has 0 aromatic heterocycles. The maximum Gasteiger partial charge on any atom is 0.315 e. The minimum Gasteiger partial charge on any atom is -0.351 e. The van der Waals surface area contributed by atoms with Crippen LogP contribution in [0.25, 0.3) is 0 Å². The van der Waals surface area contributed by atoms with Crippen molar-refractivity contribution < 1.29 is 9.59 Å². The highest BCUT2D eigenvalue weighted by Gasteiger charge is 2.36. The van der Waals surface area contributed by atoms with Gasteiger partial charge in [-0.25, -0.2) is 9.59 Å². The third-order valence-electron chi connectivity index (χ3n) is 5.20. The molecule has 0 unspecified atom stereocenters. The molecule has 6 nitrogen and oxygen atoms in total. The molecule has 1 aliphatic carbocycles. The zero-order chi connectivity index (χ0) is 16.5. The minimum absolute atomic E-state index is 0.0823. The predicted molar refractivity (Wildman–Crippen MR) is 86.2 cm³/mol. The van der Waals surface area contributed by atoms with Crippen molar-refractivity contribution in [1.29, 1.82) is 0 Å². The van der Waals surface area contributed by atoms with Crippen molar-refractivity contribution in [3.63, 3.8) is 0 Å². The molecule has 1 aliphatic heterocycles. The van der Waals surface area contributed by atoms with Crippen molar-refractivity contribution in [3.05, 3.63) is 11.1 Å². The Morgan fingerprint density at radius 2 is 1.91 bits per heavy atom. The lowest BCUT2D eigenvalue weighted by molar-refractivity contribution is 0.109. The summed E-state index contributed by atoms with van der Waals surface area (Å²) in [5.41, 5.74) is 13.9. The number of primary amides is 2. The van der Waals surface area contributed by atoms with E-state index in [0.29, 0.717) is 19.6 Å². The lowest BCUT2D eigenvalue weighted by Crippen LogP contribution is -2.59. The average Bonchev–Trinajstić information content (AvgIpc) is 2.42. The molecule has 4 amide bonds. The maximum absolute atomic E-state index is 11.7. The first-order chi connectivity index (χ1) is 10.2. The molecular formula is C16H28N4O2. The SMILES string of the molecule is CC1=C(C[C@@H]2CN(C(N)=O)CCN2C(N)=O)C(C)(C)CCC1. The number of carbonyl (C=O) groups excluding carboxylic acids is 2. The van der Waals surface area contributed by atoms with E-state index in [1.54, 1.807) is 9.80 Å². The number of amides is 4. The minimum atomic E-state index is -0.428. The van der Waals surface area contributed by atoms with Crippen LogP contribution in [-0.4, -0.2) is 47.5 Å². The molecule has 1 atom stereocenters. The van der Waals surface area contributed by atoms with Gasteiger partial charge in [-0.2, -0.15) is 0 Å². The van der Waals surface area contributed by atoms with Crippen LogP contribution in [0.15, 0.2) is 11.1 Å². The van der Waals surface area contributed by atoms with Crippen LogP contribution < -0.4 is 11.5 Å². The van der Waals surface area contributed by atoms with Gasteiger partial charge in [0.15, 0.2) is 0 Å². The quantitative estimate of drug-likeness (QED) is 0.764. The van der Waals surface area contributed by atoms with E-state index in [-0.39, 0.29) is 11.5 Å². The third-order valence-corrected chi connectivity index (χ3v) is 5.20. The van der Waals surface area contributed by atoms with Gasteiger partial charge in [0.2, 0.25) is 0 Å². The second-order valence-corrected chi connectivity index (χ2v) is 7.17. The van der Waals surface area contributed by atoms with E-state index >= 15 is 0 Å². The first-order valence-electron chi connectivity index (χ1n) is 8.02. The molecule has 2 rings (SSSR count). The summed E-state index contributed by atoms with van der Waals surface area (Å²) in [7, 11) is 0. The lowest BCUT2D eigenvalue weighted by atomic mass is 9.70. The normalized spacial score (nSPS) is 25.3. The molecule has 1 fully saturated rings. The Morgan fingerprint density at radius 1 is 1.23 bits per heavy atom. The van der Waals surface area contributed by atoms with Gasteiger partial charge in [-0.3, -0.25) is 0 Å². The van der Waals surface area contributed by atoms with Crippen molar-refractivity contribution >= 4 is 12.1 Å². The molecule has 22 heavy (non-hydrogen) atoms. The fraction of sp³-hybridized carbons (Fsp3) is 0.750. The highest BCUT2D eigenvalue weighted by molar-refractivity contribution is 5.75. The fourth-order valence-corrected chi connectivity index (χ4v) is 3.88. The Hall–Kier alpha value is -1.72. The first kappa shape index (κ1) is 16.6. The summed E-state index contributed by atoms with van der Waals surface area (Å²) in [6, 6.07) is -0.926. The first-order valence-corrected chi connectivity index (χ1v) is 8.02. The predicted octanol–water partition coefficient (Wildman–Crippen LogP) is 2.05. The number of nitrogens with zero attached hydrogens (tertiary/aromatic N) is 2. The van der Waals surface area contributed by atoms with Crippen LogP contribution in [0.3, 0.4) is 0 Å². The summed E-state index contributed by atoms with van der Waals surface area (Å²) in [4.78, 5) is 26.5. The number of hydrogen-bond donors (Lipinski definition) is 2. The van der Waals surface area contributed by atoms with Gasteiger partial charge < -0.3 is 21.3 Å². The van der Waals surface area contributed by atoms with Gasteiger partial charge in [-0.1, -0.05) is 25.0 Å². The Bertz CT molecular complexity index is 498. The largest absolute Gasteiger partial charge is 0.351 e. The van der Waals surface area contributed by atoms with Crippen LogP contribution >= 0.6 is 0 Å². The average molecular weight is 308 g/mol. The topological polar surface area (TPSA) is 92.7 Å². The monoisotopic (exact) mass is 308 g/mol. The second-order valence-electron chi connectivity index (χ2n) is 7.17. The van der Waals surface area contributed by atoms with Crippen LogP contribution in [0.5, 0.6) is 0 Å². The van der Waals surface area contributed by atoms with Crippen LogP contribution in [0.1, 0.15) is 46.5 Å². The summed E-state index contributed by atoms with van der Waals surface area (Å²) >= 11 is 0. The van der Waals surface area contributed by atoms with Crippen molar-refractivity contribution in [2.45, 2.75) is 52.5 Å². The highest BCUT2D eigenvalue weighted by atomic mass is 16.2. The number of urea groups is 2. The zero-order valence-corrected chi connectivity index (χ0v) is 13.9. The van der Waals surface area contributed by atoms with Crippen molar-refractivity contribution in [3.8, 4) is 0 Å². The number of rotatable bonds is 2. The number of allylic oxidation sites excluding steroid dienone is 1. The summed E-state index contributed by atoms with van der Waals surface area (Å²) < 4.78 is 0. The van der Waals surface area contributed by atoms with Gasteiger partial charge >= 0.3 is 12.1 Å². The third kappa shape index (κ3) is 3.36. The van der Waals surface area contributed by atoms with E-state index in [0.717, 1.165) is 19.3 Å². The second kappa shape index (κ2) is 6.18. The molecule has 0 aromatic rings. The zero-order valence-electron chi connectivity index (χ0n) is 13.9. The van der Waals surface area contributed by atoms with Gasteiger partial charge in [0.1, 0.15) is 0 Å².